The van der Waals surface area contributed by atoms with Crippen LogP contribution in [0.15, 0.2) is 41.5 Å². The second-order valence-corrected chi connectivity index (χ2v) is 3.81. The first-order valence-electron chi connectivity index (χ1n) is 5.10. The third-order valence-corrected chi connectivity index (χ3v) is 2.37. The van der Waals surface area contributed by atoms with E-state index in [-0.39, 0.29) is 5.75 Å². The van der Waals surface area contributed by atoms with Crippen LogP contribution < -0.4 is 0 Å². The molecule has 0 aliphatic rings. The monoisotopic (exact) mass is 214 g/mol. The molecule has 0 bridgehead atoms. The summed E-state index contributed by atoms with van der Waals surface area (Å²) in [7, 11) is 3.69. The topological polar surface area (TPSA) is 35.8 Å². The zero-order chi connectivity index (χ0) is 11.5. The molecule has 0 radical (unpaired) electrons. The SMILES string of the molecule is CN(C)/N=C/c1c(O)ccc2ccccc12. The molecule has 0 saturated heterocycles. The predicted octanol–water partition coefficient (Wildman–Crippen LogP) is 2.44. The Bertz CT molecular complexity index is 532. The van der Waals surface area contributed by atoms with E-state index < -0.39 is 0 Å². The van der Waals surface area contributed by atoms with E-state index in [1.54, 1.807) is 17.3 Å². The highest BCUT2D eigenvalue weighted by Gasteiger charge is 2.03. The Hall–Kier alpha value is -2.03. The van der Waals surface area contributed by atoms with E-state index in [1.165, 1.54) is 0 Å². The molecule has 0 unspecified atom stereocenters. The molecule has 0 aromatic heterocycles. The summed E-state index contributed by atoms with van der Waals surface area (Å²) in [5, 5.41) is 17.8. The molecule has 0 aliphatic heterocycles. The molecule has 0 heterocycles. The second kappa shape index (κ2) is 4.23. The first kappa shape index (κ1) is 10.5. The zero-order valence-corrected chi connectivity index (χ0v) is 9.38. The van der Waals surface area contributed by atoms with Gasteiger partial charge in [-0.25, -0.2) is 0 Å². The van der Waals surface area contributed by atoms with Gasteiger partial charge < -0.3 is 10.1 Å². The number of hydrazone groups is 1. The number of phenols is 1. The van der Waals surface area contributed by atoms with Crippen molar-refractivity contribution in [2.45, 2.75) is 0 Å². The first-order chi connectivity index (χ1) is 7.68. The highest BCUT2D eigenvalue weighted by Crippen LogP contribution is 2.25. The molecule has 3 heteroatoms. The molecule has 0 saturated carbocycles. The van der Waals surface area contributed by atoms with Gasteiger partial charge in [-0.3, -0.25) is 0 Å². The Kier molecular flexibility index (Phi) is 2.77. The van der Waals surface area contributed by atoms with Crippen LogP contribution in [0, 0.1) is 0 Å². The normalized spacial score (nSPS) is 11.1. The lowest BCUT2D eigenvalue weighted by atomic mass is 10.0. The molecule has 2 aromatic rings. The van der Waals surface area contributed by atoms with Crippen molar-refractivity contribution in [1.82, 2.24) is 5.01 Å². The molecule has 0 fully saturated rings. The summed E-state index contributed by atoms with van der Waals surface area (Å²) in [6.07, 6.45) is 1.68. The van der Waals surface area contributed by atoms with Gasteiger partial charge >= 0.3 is 0 Å². The summed E-state index contributed by atoms with van der Waals surface area (Å²) in [6, 6.07) is 11.5. The van der Waals surface area contributed by atoms with Gasteiger partial charge in [0.25, 0.3) is 0 Å². The molecule has 2 aromatic carbocycles. The maximum Gasteiger partial charge on any atom is 0.125 e. The maximum atomic E-state index is 9.81. The number of nitrogens with zero attached hydrogens (tertiary/aromatic N) is 2. The van der Waals surface area contributed by atoms with Crippen molar-refractivity contribution >= 4 is 17.0 Å². The Balaban J connectivity index is 2.61. The van der Waals surface area contributed by atoms with Crippen LogP contribution in [0.25, 0.3) is 10.8 Å². The second-order valence-electron chi connectivity index (χ2n) is 3.81. The van der Waals surface area contributed by atoms with Gasteiger partial charge in [0.15, 0.2) is 0 Å². The quantitative estimate of drug-likeness (QED) is 0.615. The van der Waals surface area contributed by atoms with Crippen molar-refractivity contribution in [3.8, 4) is 5.75 Å². The average molecular weight is 214 g/mol. The fourth-order valence-electron chi connectivity index (χ4n) is 1.59. The summed E-state index contributed by atoms with van der Waals surface area (Å²) in [4.78, 5) is 0. The van der Waals surface area contributed by atoms with Crippen LogP contribution in [0.3, 0.4) is 0 Å². The largest absolute Gasteiger partial charge is 0.507 e. The van der Waals surface area contributed by atoms with Crippen molar-refractivity contribution in [2.75, 3.05) is 14.1 Å². The van der Waals surface area contributed by atoms with Crippen LogP contribution in [0.2, 0.25) is 0 Å². The first-order valence-corrected chi connectivity index (χ1v) is 5.10. The lowest BCUT2D eigenvalue weighted by Gasteiger charge is -2.06. The highest BCUT2D eigenvalue weighted by atomic mass is 16.3. The number of phenolic OH excluding ortho intramolecular Hbond substituents is 1. The molecule has 82 valence electrons. The van der Waals surface area contributed by atoms with Crippen molar-refractivity contribution in [3.05, 3.63) is 42.0 Å². The van der Waals surface area contributed by atoms with E-state index in [1.807, 2.05) is 44.4 Å². The standard InChI is InChI=1S/C13H14N2O/c1-15(2)14-9-12-11-6-4-3-5-10(11)7-8-13(12)16/h3-9,16H,1-2H3/b14-9+. The summed E-state index contributed by atoms with van der Waals surface area (Å²) in [5.41, 5.74) is 0.756. The minimum Gasteiger partial charge on any atom is -0.507 e. The Morgan fingerprint density at radius 2 is 1.88 bits per heavy atom. The molecule has 16 heavy (non-hydrogen) atoms. The van der Waals surface area contributed by atoms with E-state index in [0.29, 0.717) is 0 Å². The molecule has 3 nitrogen and oxygen atoms in total. The molecular formula is C13H14N2O. The van der Waals surface area contributed by atoms with E-state index in [4.69, 9.17) is 0 Å². The summed E-state index contributed by atoms with van der Waals surface area (Å²) < 4.78 is 0. The van der Waals surface area contributed by atoms with Gasteiger partial charge in [0.05, 0.1) is 6.21 Å². The number of hydrogen-bond acceptors (Lipinski definition) is 3. The summed E-state index contributed by atoms with van der Waals surface area (Å²) in [5.74, 6) is 0.254. The molecule has 0 atom stereocenters. The van der Waals surface area contributed by atoms with Crippen LogP contribution in [-0.2, 0) is 0 Å². The minimum atomic E-state index is 0.254. The molecule has 0 amide bonds. The van der Waals surface area contributed by atoms with Crippen molar-refractivity contribution in [1.29, 1.82) is 0 Å². The van der Waals surface area contributed by atoms with Crippen LogP contribution in [-0.4, -0.2) is 30.4 Å². The highest BCUT2D eigenvalue weighted by molar-refractivity contribution is 6.02. The van der Waals surface area contributed by atoms with Gasteiger partial charge in [-0.1, -0.05) is 30.3 Å². The van der Waals surface area contributed by atoms with E-state index in [0.717, 1.165) is 16.3 Å². The fourth-order valence-corrected chi connectivity index (χ4v) is 1.59. The Morgan fingerprint density at radius 1 is 1.12 bits per heavy atom. The predicted molar refractivity (Wildman–Crippen MR) is 66.9 cm³/mol. The molecule has 1 N–H and O–H groups in total. The van der Waals surface area contributed by atoms with Crippen LogP contribution in [0.5, 0.6) is 5.75 Å². The van der Waals surface area contributed by atoms with Gasteiger partial charge in [-0.05, 0) is 16.8 Å². The molecule has 0 aliphatic carbocycles. The summed E-state index contributed by atoms with van der Waals surface area (Å²) >= 11 is 0. The number of rotatable bonds is 2. The number of hydrogen-bond donors (Lipinski definition) is 1. The van der Waals surface area contributed by atoms with Gasteiger partial charge in [0.1, 0.15) is 5.75 Å². The molecule has 2 rings (SSSR count). The van der Waals surface area contributed by atoms with Crippen LogP contribution in [0.4, 0.5) is 0 Å². The average Bonchev–Trinajstić information content (AvgIpc) is 2.27. The molecule has 0 spiro atoms. The van der Waals surface area contributed by atoms with Crippen molar-refractivity contribution in [3.63, 3.8) is 0 Å². The smallest absolute Gasteiger partial charge is 0.125 e. The number of benzene rings is 2. The third kappa shape index (κ3) is 1.98. The van der Waals surface area contributed by atoms with Crippen LogP contribution in [0.1, 0.15) is 5.56 Å². The van der Waals surface area contributed by atoms with Gasteiger partial charge in [-0.15, -0.1) is 0 Å². The van der Waals surface area contributed by atoms with Crippen molar-refractivity contribution < 1.29 is 5.11 Å². The molecular weight excluding hydrogens is 200 g/mol. The van der Waals surface area contributed by atoms with E-state index >= 15 is 0 Å². The number of aromatic hydroxyl groups is 1. The van der Waals surface area contributed by atoms with Gasteiger partial charge in [-0.2, -0.15) is 5.10 Å². The van der Waals surface area contributed by atoms with Crippen LogP contribution >= 0.6 is 0 Å². The lowest BCUT2D eigenvalue weighted by molar-refractivity contribution is 0.439. The Morgan fingerprint density at radius 3 is 2.62 bits per heavy atom. The maximum absolute atomic E-state index is 9.81. The van der Waals surface area contributed by atoms with E-state index in [2.05, 4.69) is 5.10 Å². The third-order valence-electron chi connectivity index (χ3n) is 2.37. The van der Waals surface area contributed by atoms with E-state index in [9.17, 15) is 5.11 Å². The Labute approximate surface area is 94.6 Å². The summed E-state index contributed by atoms with van der Waals surface area (Å²) in [6.45, 7) is 0. The minimum absolute atomic E-state index is 0.254. The van der Waals surface area contributed by atoms with Gasteiger partial charge in [0.2, 0.25) is 0 Å². The number of fused-ring (bicyclic) bond motifs is 1. The lowest BCUT2D eigenvalue weighted by Crippen LogP contribution is -2.02. The zero-order valence-electron chi connectivity index (χ0n) is 9.38. The van der Waals surface area contributed by atoms with Gasteiger partial charge in [0, 0.05) is 19.7 Å². The van der Waals surface area contributed by atoms with Crippen molar-refractivity contribution in [2.24, 2.45) is 5.10 Å². The fraction of sp³-hybridized carbons (Fsp3) is 0.154.